The van der Waals surface area contributed by atoms with E-state index in [1.54, 1.807) is 0 Å². The molecule has 0 bridgehead atoms. The standard InChI is InChI=1S/C20H22N2O2/c1-13-11-24-12-17-15(10-21)9-14-7-5-6-8-16(14)18(17)19(23)22(13)20(2,3)4/h5-9,13H,11-12H2,1-4H3/t13-/m0/s1. The lowest BCUT2D eigenvalue weighted by molar-refractivity contribution is 0.0103. The Bertz CT molecular complexity index is 843. The highest BCUT2D eigenvalue weighted by atomic mass is 16.5. The Hall–Kier alpha value is -2.38. The molecule has 4 nitrogen and oxygen atoms in total. The Balaban J connectivity index is 2.35. The molecule has 1 heterocycles. The first-order valence-corrected chi connectivity index (χ1v) is 8.20. The number of fused-ring (bicyclic) bond motifs is 3. The molecule has 2 aromatic carbocycles. The Morgan fingerprint density at radius 2 is 2.00 bits per heavy atom. The van der Waals surface area contributed by atoms with Crippen LogP contribution in [-0.4, -0.2) is 29.0 Å². The van der Waals surface area contributed by atoms with E-state index in [1.165, 1.54) is 0 Å². The Morgan fingerprint density at radius 1 is 1.29 bits per heavy atom. The van der Waals surface area contributed by atoms with E-state index in [0.29, 0.717) is 23.3 Å². The lowest BCUT2D eigenvalue weighted by atomic mass is 9.91. The van der Waals surface area contributed by atoms with E-state index in [-0.39, 0.29) is 24.1 Å². The summed E-state index contributed by atoms with van der Waals surface area (Å²) in [5.74, 6) is -0.0263. The largest absolute Gasteiger partial charge is 0.375 e. The average Bonchev–Trinajstić information content (AvgIpc) is 2.51. The van der Waals surface area contributed by atoms with Crippen LogP contribution in [0.1, 0.15) is 49.2 Å². The van der Waals surface area contributed by atoms with Gasteiger partial charge in [-0.1, -0.05) is 24.3 Å². The molecule has 0 fully saturated rings. The highest BCUT2D eigenvalue weighted by molar-refractivity contribution is 6.09. The number of hydrogen-bond acceptors (Lipinski definition) is 3. The minimum absolute atomic E-state index is 0.0263. The van der Waals surface area contributed by atoms with E-state index in [1.807, 2.05) is 62.9 Å². The van der Waals surface area contributed by atoms with Crippen molar-refractivity contribution in [1.82, 2.24) is 4.90 Å². The SMILES string of the molecule is C[C@H]1COCc2c(C#N)cc3ccccc3c2C(=O)N1C(C)(C)C. The first-order valence-electron chi connectivity index (χ1n) is 8.20. The van der Waals surface area contributed by atoms with E-state index < -0.39 is 0 Å². The van der Waals surface area contributed by atoms with Gasteiger partial charge in [0, 0.05) is 11.1 Å². The fraction of sp³-hybridized carbons (Fsp3) is 0.400. The van der Waals surface area contributed by atoms with Crippen molar-refractivity contribution in [3.63, 3.8) is 0 Å². The van der Waals surface area contributed by atoms with E-state index in [9.17, 15) is 10.1 Å². The number of rotatable bonds is 0. The summed E-state index contributed by atoms with van der Waals surface area (Å²) in [5.41, 5.74) is 1.48. The fourth-order valence-electron chi connectivity index (χ4n) is 3.58. The van der Waals surface area contributed by atoms with Crippen LogP contribution in [0.4, 0.5) is 0 Å². The van der Waals surface area contributed by atoms with Gasteiger partial charge in [-0.3, -0.25) is 4.79 Å². The highest BCUT2D eigenvalue weighted by Gasteiger charge is 2.35. The average molecular weight is 322 g/mol. The van der Waals surface area contributed by atoms with Crippen molar-refractivity contribution in [1.29, 1.82) is 5.26 Å². The minimum Gasteiger partial charge on any atom is -0.375 e. The van der Waals surface area contributed by atoms with E-state index in [0.717, 1.165) is 10.8 Å². The van der Waals surface area contributed by atoms with Gasteiger partial charge in [-0.15, -0.1) is 0 Å². The van der Waals surface area contributed by atoms with Gasteiger partial charge in [0.25, 0.3) is 5.91 Å². The zero-order valence-corrected chi connectivity index (χ0v) is 14.6. The van der Waals surface area contributed by atoms with Gasteiger partial charge in [-0.25, -0.2) is 0 Å². The summed E-state index contributed by atoms with van der Waals surface area (Å²) >= 11 is 0. The van der Waals surface area contributed by atoms with Crippen molar-refractivity contribution >= 4 is 16.7 Å². The van der Waals surface area contributed by atoms with Gasteiger partial charge in [0.15, 0.2) is 0 Å². The number of amides is 1. The topological polar surface area (TPSA) is 53.3 Å². The maximum Gasteiger partial charge on any atom is 0.255 e. The number of nitrogens with zero attached hydrogens (tertiary/aromatic N) is 2. The minimum atomic E-state index is -0.335. The first kappa shape index (κ1) is 16.5. The Labute approximate surface area is 142 Å². The van der Waals surface area contributed by atoms with Crippen molar-refractivity contribution in [2.45, 2.75) is 45.9 Å². The molecule has 124 valence electrons. The van der Waals surface area contributed by atoms with Gasteiger partial charge in [-0.05, 0) is 44.5 Å². The van der Waals surface area contributed by atoms with Gasteiger partial charge >= 0.3 is 0 Å². The predicted molar refractivity (Wildman–Crippen MR) is 93.7 cm³/mol. The fourth-order valence-corrected chi connectivity index (χ4v) is 3.58. The highest BCUT2D eigenvalue weighted by Crippen LogP contribution is 2.32. The Kier molecular flexibility index (Phi) is 4.06. The van der Waals surface area contributed by atoms with Gasteiger partial charge in [0.1, 0.15) is 0 Å². The van der Waals surface area contributed by atoms with Crippen LogP contribution in [0.25, 0.3) is 10.8 Å². The molecule has 24 heavy (non-hydrogen) atoms. The quantitative estimate of drug-likeness (QED) is 0.740. The van der Waals surface area contributed by atoms with Gasteiger partial charge in [0.2, 0.25) is 0 Å². The van der Waals surface area contributed by atoms with Crippen molar-refractivity contribution < 1.29 is 9.53 Å². The van der Waals surface area contributed by atoms with Crippen LogP contribution in [0.3, 0.4) is 0 Å². The molecule has 0 saturated heterocycles. The molecular weight excluding hydrogens is 300 g/mol. The van der Waals surface area contributed by atoms with Crippen LogP contribution in [0.5, 0.6) is 0 Å². The smallest absolute Gasteiger partial charge is 0.255 e. The van der Waals surface area contributed by atoms with E-state index in [2.05, 4.69) is 6.07 Å². The molecule has 0 radical (unpaired) electrons. The molecule has 0 unspecified atom stereocenters. The number of carbonyl (C=O) groups excluding carboxylic acids is 1. The molecule has 3 rings (SSSR count). The number of hydrogen-bond donors (Lipinski definition) is 0. The Morgan fingerprint density at radius 3 is 2.67 bits per heavy atom. The molecule has 1 amide bonds. The summed E-state index contributed by atoms with van der Waals surface area (Å²) in [6, 6.07) is 11.8. The summed E-state index contributed by atoms with van der Waals surface area (Å²) < 4.78 is 5.83. The third-order valence-corrected chi connectivity index (χ3v) is 4.48. The summed E-state index contributed by atoms with van der Waals surface area (Å²) in [6.07, 6.45) is 0. The molecule has 0 saturated carbocycles. The normalized spacial score (nSPS) is 18.7. The second kappa shape index (κ2) is 5.92. The molecule has 2 aromatic rings. The summed E-state index contributed by atoms with van der Waals surface area (Å²) in [7, 11) is 0. The predicted octanol–water partition coefficient (Wildman–Crippen LogP) is 3.87. The van der Waals surface area contributed by atoms with Crippen molar-refractivity contribution in [3.8, 4) is 6.07 Å². The van der Waals surface area contributed by atoms with Crippen molar-refractivity contribution in [2.75, 3.05) is 6.61 Å². The van der Waals surface area contributed by atoms with Crippen LogP contribution in [0.2, 0.25) is 0 Å². The van der Waals surface area contributed by atoms with Crippen molar-refractivity contribution in [3.05, 3.63) is 47.0 Å². The maximum absolute atomic E-state index is 13.5. The summed E-state index contributed by atoms with van der Waals surface area (Å²) in [6.45, 7) is 8.83. The number of nitriles is 1. The third-order valence-electron chi connectivity index (χ3n) is 4.48. The molecule has 0 aromatic heterocycles. The van der Waals surface area contributed by atoms with Gasteiger partial charge in [0.05, 0.1) is 36.5 Å². The van der Waals surface area contributed by atoms with Crippen LogP contribution in [0, 0.1) is 11.3 Å². The molecule has 1 atom stereocenters. The van der Waals surface area contributed by atoms with Gasteiger partial charge < -0.3 is 9.64 Å². The number of ether oxygens (including phenoxy) is 1. The lowest BCUT2D eigenvalue weighted by Crippen LogP contribution is -2.53. The zero-order chi connectivity index (χ0) is 17.5. The lowest BCUT2D eigenvalue weighted by Gasteiger charge is -2.42. The number of carbonyl (C=O) groups is 1. The molecule has 4 heteroatoms. The van der Waals surface area contributed by atoms with Crippen LogP contribution in [-0.2, 0) is 11.3 Å². The van der Waals surface area contributed by atoms with Crippen LogP contribution < -0.4 is 0 Å². The molecule has 1 aliphatic rings. The second-order valence-corrected chi connectivity index (χ2v) is 7.32. The first-order chi connectivity index (χ1) is 11.3. The maximum atomic E-state index is 13.5. The molecule has 0 spiro atoms. The second-order valence-electron chi connectivity index (χ2n) is 7.32. The van der Waals surface area contributed by atoms with Crippen LogP contribution in [0.15, 0.2) is 30.3 Å². The monoisotopic (exact) mass is 322 g/mol. The van der Waals surface area contributed by atoms with Crippen molar-refractivity contribution in [2.24, 2.45) is 0 Å². The summed E-state index contributed by atoms with van der Waals surface area (Å²) in [4.78, 5) is 15.4. The third kappa shape index (κ3) is 2.65. The van der Waals surface area contributed by atoms with Crippen LogP contribution >= 0.6 is 0 Å². The zero-order valence-electron chi connectivity index (χ0n) is 14.6. The van der Waals surface area contributed by atoms with E-state index >= 15 is 0 Å². The molecule has 1 aliphatic heterocycles. The number of benzene rings is 2. The molecule has 0 aliphatic carbocycles. The van der Waals surface area contributed by atoms with Gasteiger partial charge in [-0.2, -0.15) is 5.26 Å². The molecule has 0 N–H and O–H groups in total. The molecular formula is C20H22N2O2. The summed E-state index contributed by atoms with van der Waals surface area (Å²) in [5, 5.41) is 11.3. The van der Waals surface area contributed by atoms with E-state index in [4.69, 9.17) is 4.74 Å².